The zero-order chi connectivity index (χ0) is 13.8. The van der Waals surface area contributed by atoms with E-state index in [1.807, 2.05) is 49.6 Å². The average Bonchev–Trinajstić information content (AvgIpc) is 3.09. The molecule has 0 saturated carbocycles. The number of benzene rings is 1. The maximum absolute atomic E-state index is 4.32. The van der Waals surface area contributed by atoms with Crippen LogP contribution in [-0.4, -0.2) is 25.2 Å². The molecule has 0 atom stereocenters. The first-order valence-electron chi connectivity index (χ1n) is 6.47. The lowest BCUT2D eigenvalue weighted by molar-refractivity contribution is 0.647. The number of rotatable bonds is 5. The van der Waals surface area contributed by atoms with Crippen molar-refractivity contribution < 1.29 is 0 Å². The third kappa shape index (κ3) is 2.75. The number of aromatic amines is 1. The molecule has 0 aliphatic rings. The quantitative estimate of drug-likeness (QED) is 0.735. The summed E-state index contributed by atoms with van der Waals surface area (Å²) in [7, 11) is 1.91. The number of hydrogen-bond acceptors (Lipinski definition) is 4. The van der Waals surface area contributed by atoms with Crippen molar-refractivity contribution in [2.24, 2.45) is 7.05 Å². The van der Waals surface area contributed by atoms with Crippen molar-refractivity contribution in [3.63, 3.8) is 0 Å². The second-order valence-corrected chi connectivity index (χ2v) is 4.57. The van der Waals surface area contributed by atoms with Gasteiger partial charge in [0.2, 0.25) is 0 Å². The van der Waals surface area contributed by atoms with Crippen molar-refractivity contribution in [1.82, 2.24) is 30.5 Å². The highest BCUT2D eigenvalue weighted by Crippen LogP contribution is 2.18. The highest BCUT2D eigenvalue weighted by molar-refractivity contribution is 5.60. The van der Waals surface area contributed by atoms with Crippen molar-refractivity contribution in [2.45, 2.75) is 13.1 Å². The molecule has 2 aromatic heterocycles. The molecule has 0 unspecified atom stereocenters. The molecule has 20 heavy (non-hydrogen) atoms. The number of hydrogen-bond donors (Lipinski definition) is 2. The Morgan fingerprint density at radius 3 is 2.70 bits per heavy atom. The van der Waals surface area contributed by atoms with Crippen LogP contribution in [0.4, 0.5) is 0 Å². The first kappa shape index (κ1) is 12.6. The second kappa shape index (κ2) is 5.66. The molecular weight excluding hydrogens is 252 g/mol. The normalized spacial score (nSPS) is 10.8. The van der Waals surface area contributed by atoms with Crippen LogP contribution in [0.3, 0.4) is 0 Å². The fourth-order valence-electron chi connectivity index (χ4n) is 2.07. The monoisotopic (exact) mass is 268 g/mol. The van der Waals surface area contributed by atoms with Crippen LogP contribution in [0.5, 0.6) is 0 Å². The topological polar surface area (TPSA) is 71.4 Å². The van der Waals surface area contributed by atoms with Crippen LogP contribution < -0.4 is 5.32 Å². The fourth-order valence-corrected chi connectivity index (χ4v) is 2.07. The van der Waals surface area contributed by atoms with Gasteiger partial charge >= 0.3 is 0 Å². The summed E-state index contributed by atoms with van der Waals surface area (Å²) in [6.07, 6.45) is 1.93. The molecule has 0 fully saturated rings. The van der Waals surface area contributed by atoms with E-state index in [2.05, 4.69) is 25.8 Å². The molecule has 2 heterocycles. The molecule has 1 aromatic carbocycles. The summed E-state index contributed by atoms with van der Waals surface area (Å²) in [5, 5.41) is 18.8. The molecule has 0 aliphatic heterocycles. The van der Waals surface area contributed by atoms with E-state index >= 15 is 0 Å². The number of aryl methyl sites for hydroxylation is 1. The Balaban J connectivity index is 1.65. The summed E-state index contributed by atoms with van der Waals surface area (Å²) in [5.41, 5.74) is 3.87. The lowest BCUT2D eigenvalue weighted by Gasteiger charge is -2.02. The molecule has 2 N–H and O–H groups in total. The smallest absolute Gasteiger partial charge is 0.117 e. The fraction of sp³-hybridized carbons (Fsp3) is 0.214. The van der Waals surface area contributed by atoms with Gasteiger partial charge in [0.25, 0.3) is 0 Å². The van der Waals surface area contributed by atoms with E-state index in [9.17, 15) is 0 Å². The Hall–Kier alpha value is -2.47. The molecule has 6 heteroatoms. The van der Waals surface area contributed by atoms with Gasteiger partial charge in [-0.15, -0.1) is 0 Å². The first-order chi connectivity index (χ1) is 9.83. The van der Waals surface area contributed by atoms with Crippen molar-refractivity contribution in [1.29, 1.82) is 0 Å². The van der Waals surface area contributed by atoms with Gasteiger partial charge < -0.3 is 5.32 Å². The maximum atomic E-state index is 4.32. The summed E-state index contributed by atoms with van der Waals surface area (Å²) in [4.78, 5) is 0. The van der Waals surface area contributed by atoms with Crippen molar-refractivity contribution >= 4 is 0 Å². The lowest BCUT2D eigenvalue weighted by atomic mass is 10.1. The molecule has 0 radical (unpaired) electrons. The van der Waals surface area contributed by atoms with Gasteiger partial charge in [0, 0.05) is 31.9 Å². The molecule has 3 aromatic rings. The van der Waals surface area contributed by atoms with Crippen LogP contribution in [0, 0.1) is 0 Å². The van der Waals surface area contributed by atoms with Crippen LogP contribution in [-0.2, 0) is 20.1 Å². The molecule has 3 rings (SSSR count). The largest absolute Gasteiger partial charge is 0.305 e. The zero-order valence-corrected chi connectivity index (χ0v) is 11.2. The van der Waals surface area contributed by atoms with E-state index in [0.717, 1.165) is 22.6 Å². The Morgan fingerprint density at radius 1 is 1.10 bits per heavy atom. The third-order valence-corrected chi connectivity index (χ3v) is 3.03. The molecule has 0 bridgehead atoms. The van der Waals surface area contributed by atoms with Crippen LogP contribution in [0.2, 0.25) is 0 Å². The van der Waals surface area contributed by atoms with Gasteiger partial charge in [0.1, 0.15) is 11.4 Å². The van der Waals surface area contributed by atoms with Gasteiger partial charge in [-0.25, -0.2) is 0 Å². The number of nitrogens with one attached hydrogen (secondary N) is 2. The molecule has 102 valence electrons. The molecule has 6 nitrogen and oxygen atoms in total. The van der Waals surface area contributed by atoms with Gasteiger partial charge in [0.15, 0.2) is 0 Å². The van der Waals surface area contributed by atoms with Gasteiger partial charge in [-0.05, 0) is 6.07 Å². The first-order valence-corrected chi connectivity index (χ1v) is 6.47. The molecule has 0 saturated heterocycles. The van der Waals surface area contributed by atoms with E-state index in [4.69, 9.17) is 0 Å². The standard InChI is InChI=1S/C14H16N6/c1-20-8-7-12(18-20)9-15-10-13-14(17-19-16-13)11-5-3-2-4-6-11/h2-8,15H,9-10H2,1H3,(H,16,17,19). The Kier molecular flexibility index (Phi) is 3.56. The van der Waals surface area contributed by atoms with E-state index < -0.39 is 0 Å². The number of aromatic nitrogens is 5. The van der Waals surface area contributed by atoms with Gasteiger partial charge in [-0.1, -0.05) is 30.3 Å². The van der Waals surface area contributed by atoms with Gasteiger partial charge in [-0.3, -0.25) is 4.68 Å². The Bertz CT molecular complexity index is 670. The molecule has 0 amide bonds. The van der Waals surface area contributed by atoms with Crippen molar-refractivity contribution in [3.8, 4) is 11.3 Å². The van der Waals surface area contributed by atoms with E-state index in [-0.39, 0.29) is 0 Å². The van der Waals surface area contributed by atoms with Crippen molar-refractivity contribution in [3.05, 3.63) is 54.0 Å². The summed E-state index contributed by atoms with van der Waals surface area (Å²) < 4.78 is 1.79. The number of H-pyrrole nitrogens is 1. The average molecular weight is 268 g/mol. The third-order valence-electron chi connectivity index (χ3n) is 3.03. The van der Waals surface area contributed by atoms with Crippen LogP contribution in [0.25, 0.3) is 11.3 Å². The lowest BCUT2D eigenvalue weighted by Crippen LogP contribution is -2.14. The Morgan fingerprint density at radius 2 is 1.95 bits per heavy atom. The van der Waals surface area contributed by atoms with Crippen LogP contribution in [0.15, 0.2) is 42.6 Å². The zero-order valence-electron chi connectivity index (χ0n) is 11.2. The summed E-state index contributed by atoms with van der Waals surface area (Å²) in [6, 6.07) is 12.0. The van der Waals surface area contributed by atoms with Gasteiger partial charge in [-0.2, -0.15) is 20.5 Å². The van der Waals surface area contributed by atoms with Gasteiger partial charge in [0.05, 0.1) is 5.69 Å². The minimum absolute atomic E-state index is 0.650. The Labute approximate surface area is 116 Å². The second-order valence-electron chi connectivity index (χ2n) is 4.57. The van der Waals surface area contributed by atoms with Crippen LogP contribution >= 0.6 is 0 Å². The van der Waals surface area contributed by atoms with E-state index in [1.165, 1.54) is 0 Å². The van der Waals surface area contributed by atoms with E-state index in [0.29, 0.717) is 13.1 Å². The van der Waals surface area contributed by atoms with Crippen molar-refractivity contribution in [2.75, 3.05) is 0 Å². The minimum Gasteiger partial charge on any atom is -0.305 e. The molecule has 0 spiro atoms. The summed E-state index contributed by atoms with van der Waals surface area (Å²) >= 11 is 0. The molecular formula is C14H16N6. The van der Waals surface area contributed by atoms with E-state index in [1.54, 1.807) is 4.68 Å². The summed E-state index contributed by atoms with van der Waals surface area (Å²) in [5.74, 6) is 0. The van der Waals surface area contributed by atoms with Crippen LogP contribution in [0.1, 0.15) is 11.4 Å². The predicted molar refractivity (Wildman–Crippen MR) is 75.6 cm³/mol. The molecule has 0 aliphatic carbocycles. The number of nitrogens with zero attached hydrogens (tertiary/aromatic N) is 4. The predicted octanol–water partition coefficient (Wildman–Crippen LogP) is 1.49. The maximum Gasteiger partial charge on any atom is 0.117 e. The minimum atomic E-state index is 0.650. The summed E-state index contributed by atoms with van der Waals surface area (Å²) in [6.45, 7) is 1.36. The highest BCUT2D eigenvalue weighted by atomic mass is 15.3. The SMILES string of the molecule is Cn1ccc(CNCc2n[nH]nc2-c2ccccc2)n1. The highest BCUT2D eigenvalue weighted by Gasteiger charge is 2.09.